The van der Waals surface area contributed by atoms with E-state index in [0.29, 0.717) is 5.02 Å². The summed E-state index contributed by atoms with van der Waals surface area (Å²) in [5.41, 5.74) is 2.41. The van der Waals surface area contributed by atoms with Crippen LogP contribution in [0.4, 0.5) is 0 Å². The van der Waals surface area contributed by atoms with Gasteiger partial charge in [-0.15, -0.1) is 0 Å². The van der Waals surface area contributed by atoms with E-state index < -0.39 is 0 Å². The SMILES string of the molecule is Clc1cccc2c1oc1c2ccc2cccnc21. The Hall–Kier alpha value is -2.06. The van der Waals surface area contributed by atoms with E-state index in [1.165, 1.54) is 0 Å². The van der Waals surface area contributed by atoms with Gasteiger partial charge in [-0.1, -0.05) is 35.9 Å². The van der Waals surface area contributed by atoms with E-state index in [-0.39, 0.29) is 0 Å². The van der Waals surface area contributed by atoms with Crippen molar-refractivity contribution < 1.29 is 4.42 Å². The van der Waals surface area contributed by atoms with Crippen LogP contribution in [0.15, 0.2) is 53.1 Å². The van der Waals surface area contributed by atoms with E-state index >= 15 is 0 Å². The first-order valence-electron chi connectivity index (χ1n) is 5.69. The van der Waals surface area contributed by atoms with E-state index in [9.17, 15) is 0 Å². The standard InChI is InChI=1S/C15H8ClNO/c16-12-5-1-4-10-11-7-6-9-3-2-8-17-13(9)15(11)18-14(10)12/h1-8H. The van der Waals surface area contributed by atoms with Crippen LogP contribution in [0, 0.1) is 0 Å². The maximum atomic E-state index is 6.17. The summed E-state index contributed by atoms with van der Waals surface area (Å²) in [5.74, 6) is 0. The van der Waals surface area contributed by atoms with E-state index in [2.05, 4.69) is 17.1 Å². The van der Waals surface area contributed by atoms with E-state index in [1.54, 1.807) is 6.20 Å². The Kier molecular flexibility index (Phi) is 1.91. The van der Waals surface area contributed by atoms with Gasteiger partial charge in [0.1, 0.15) is 5.52 Å². The second kappa shape index (κ2) is 3.47. The Labute approximate surface area is 108 Å². The molecule has 0 spiro atoms. The fourth-order valence-corrected chi connectivity index (χ4v) is 2.57. The van der Waals surface area contributed by atoms with Crippen molar-refractivity contribution in [1.82, 2.24) is 4.98 Å². The summed E-state index contributed by atoms with van der Waals surface area (Å²) in [7, 11) is 0. The summed E-state index contributed by atoms with van der Waals surface area (Å²) in [5, 5.41) is 3.79. The third-order valence-electron chi connectivity index (χ3n) is 3.19. The van der Waals surface area contributed by atoms with E-state index in [1.807, 2.05) is 30.3 Å². The molecule has 0 aliphatic rings. The predicted octanol–water partition coefficient (Wildman–Crippen LogP) is 4.79. The van der Waals surface area contributed by atoms with Crippen LogP contribution in [0.2, 0.25) is 5.02 Å². The number of pyridine rings is 1. The van der Waals surface area contributed by atoms with Gasteiger partial charge in [-0.2, -0.15) is 0 Å². The minimum atomic E-state index is 0.632. The van der Waals surface area contributed by atoms with Gasteiger partial charge in [0, 0.05) is 22.4 Å². The van der Waals surface area contributed by atoms with Gasteiger partial charge in [-0.3, -0.25) is 4.98 Å². The highest BCUT2D eigenvalue weighted by atomic mass is 35.5. The first-order valence-corrected chi connectivity index (χ1v) is 6.07. The molecule has 0 saturated heterocycles. The van der Waals surface area contributed by atoms with Crippen molar-refractivity contribution in [3.63, 3.8) is 0 Å². The summed E-state index contributed by atoms with van der Waals surface area (Å²) in [6.45, 7) is 0. The van der Waals surface area contributed by atoms with Crippen molar-refractivity contribution in [2.45, 2.75) is 0 Å². The van der Waals surface area contributed by atoms with Gasteiger partial charge in [0.05, 0.1) is 5.02 Å². The molecular weight excluding hydrogens is 246 g/mol. The molecule has 0 amide bonds. The molecule has 2 heterocycles. The second-order valence-electron chi connectivity index (χ2n) is 4.24. The molecule has 2 aromatic heterocycles. The fourth-order valence-electron chi connectivity index (χ4n) is 2.36. The third kappa shape index (κ3) is 1.21. The molecule has 0 N–H and O–H groups in total. The molecule has 0 aliphatic carbocycles. The van der Waals surface area contributed by atoms with Gasteiger partial charge in [-0.25, -0.2) is 0 Å². The van der Waals surface area contributed by atoms with E-state index in [0.717, 1.165) is 32.8 Å². The van der Waals surface area contributed by atoms with E-state index in [4.69, 9.17) is 16.0 Å². The minimum Gasteiger partial charge on any atom is -0.452 e. The molecule has 0 aliphatic heterocycles. The highest BCUT2D eigenvalue weighted by Crippen LogP contribution is 2.35. The number of rotatable bonds is 0. The Morgan fingerprint density at radius 2 is 1.78 bits per heavy atom. The van der Waals surface area contributed by atoms with Crippen LogP contribution in [-0.4, -0.2) is 4.98 Å². The lowest BCUT2D eigenvalue weighted by Gasteiger charge is -1.96. The van der Waals surface area contributed by atoms with Gasteiger partial charge >= 0.3 is 0 Å². The van der Waals surface area contributed by atoms with Gasteiger partial charge in [0.15, 0.2) is 11.2 Å². The molecule has 18 heavy (non-hydrogen) atoms. The highest BCUT2D eigenvalue weighted by molar-refractivity contribution is 6.36. The lowest BCUT2D eigenvalue weighted by molar-refractivity contribution is 0.672. The molecule has 0 radical (unpaired) electrons. The molecule has 0 unspecified atom stereocenters. The summed E-state index contributed by atoms with van der Waals surface area (Å²) >= 11 is 6.17. The number of benzene rings is 2. The minimum absolute atomic E-state index is 0.632. The Morgan fingerprint density at radius 3 is 2.72 bits per heavy atom. The van der Waals surface area contributed by atoms with Gasteiger partial charge in [0.25, 0.3) is 0 Å². The summed E-state index contributed by atoms with van der Waals surface area (Å²) < 4.78 is 5.90. The second-order valence-corrected chi connectivity index (χ2v) is 4.64. The topological polar surface area (TPSA) is 26.0 Å². The number of halogens is 1. The number of furan rings is 1. The molecule has 86 valence electrons. The summed E-state index contributed by atoms with van der Waals surface area (Å²) in [6.07, 6.45) is 1.77. The number of para-hydroxylation sites is 1. The van der Waals surface area contributed by atoms with Gasteiger partial charge in [0.2, 0.25) is 0 Å². The number of hydrogen-bond acceptors (Lipinski definition) is 2. The first-order chi connectivity index (χ1) is 8.84. The number of fused-ring (bicyclic) bond motifs is 5. The van der Waals surface area contributed by atoms with Crippen LogP contribution < -0.4 is 0 Å². The number of aromatic nitrogens is 1. The largest absolute Gasteiger partial charge is 0.452 e. The first kappa shape index (κ1) is 9.92. The zero-order valence-electron chi connectivity index (χ0n) is 9.35. The van der Waals surface area contributed by atoms with Crippen LogP contribution in [-0.2, 0) is 0 Å². The maximum absolute atomic E-state index is 6.17. The average molecular weight is 254 g/mol. The molecule has 0 fully saturated rings. The van der Waals surface area contributed by atoms with Crippen LogP contribution >= 0.6 is 11.6 Å². The van der Waals surface area contributed by atoms with Gasteiger partial charge < -0.3 is 4.42 Å². The predicted molar refractivity (Wildman–Crippen MR) is 74.0 cm³/mol. The smallest absolute Gasteiger partial charge is 0.161 e. The Bertz CT molecular complexity index is 895. The molecule has 4 aromatic rings. The molecule has 2 aromatic carbocycles. The Balaban J connectivity index is 2.33. The maximum Gasteiger partial charge on any atom is 0.161 e. The summed E-state index contributed by atoms with van der Waals surface area (Å²) in [6, 6.07) is 13.8. The quantitative estimate of drug-likeness (QED) is 0.450. The molecule has 3 heteroatoms. The molecule has 4 rings (SSSR count). The van der Waals surface area contributed by atoms with Crippen molar-refractivity contribution in [2.75, 3.05) is 0 Å². The van der Waals surface area contributed by atoms with Crippen LogP contribution in [0.5, 0.6) is 0 Å². The monoisotopic (exact) mass is 253 g/mol. The van der Waals surface area contributed by atoms with Crippen molar-refractivity contribution in [3.8, 4) is 0 Å². The molecule has 2 nitrogen and oxygen atoms in total. The summed E-state index contributed by atoms with van der Waals surface area (Å²) in [4.78, 5) is 4.40. The van der Waals surface area contributed by atoms with Crippen LogP contribution in [0.1, 0.15) is 0 Å². The lowest BCUT2D eigenvalue weighted by atomic mass is 10.1. The average Bonchev–Trinajstić information content (AvgIpc) is 2.79. The van der Waals surface area contributed by atoms with Gasteiger partial charge in [-0.05, 0) is 18.2 Å². The van der Waals surface area contributed by atoms with Crippen molar-refractivity contribution in [3.05, 3.63) is 53.7 Å². The van der Waals surface area contributed by atoms with Crippen molar-refractivity contribution >= 4 is 44.4 Å². The van der Waals surface area contributed by atoms with Crippen LogP contribution in [0.3, 0.4) is 0 Å². The zero-order valence-corrected chi connectivity index (χ0v) is 10.1. The fraction of sp³-hybridized carbons (Fsp3) is 0. The Morgan fingerprint density at radius 1 is 0.889 bits per heavy atom. The third-order valence-corrected chi connectivity index (χ3v) is 3.49. The van der Waals surface area contributed by atoms with Crippen LogP contribution in [0.25, 0.3) is 32.8 Å². The van der Waals surface area contributed by atoms with Crippen molar-refractivity contribution in [2.24, 2.45) is 0 Å². The normalized spacial score (nSPS) is 11.6. The van der Waals surface area contributed by atoms with Crippen molar-refractivity contribution in [1.29, 1.82) is 0 Å². The molecule has 0 bridgehead atoms. The lowest BCUT2D eigenvalue weighted by Crippen LogP contribution is -1.77. The number of nitrogens with zero attached hydrogens (tertiary/aromatic N) is 1. The zero-order chi connectivity index (χ0) is 12.1. The molecule has 0 saturated carbocycles. The molecule has 0 atom stereocenters. The number of hydrogen-bond donors (Lipinski definition) is 0. The molecular formula is C15H8ClNO. The highest BCUT2D eigenvalue weighted by Gasteiger charge is 2.12.